The van der Waals surface area contributed by atoms with Gasteiger partial charge in [0.25, 0.3) is 5.91 Å². The Kier molecular flexibility index (Phi) is 9.64. The van der Waals surface area contributed by atoms with Crippen LogP contribution in [0.4, 0.5) is 5.69 Å². The van der Waals surface area contributed by atoms with Crippen LogP contribution in [0.5, 0.6) is 0 Å². The summed E-state index contributed by atoms with van der Waals surface area (Å²) in [7, 11) is 0. The summed E-state index contributed by atoms with van der Waals surface area (Å²) in [6.07, 6.45) is 4.61. The molecule has 1 aromatic carbocycles. The van der Waals surface area contributed by atoms with Gasteiger partial charge in [0, 0.05) is 38.2 Å². The number of carbonyl (C=O) groups excluding carboxylic acids is 3. The van der Waals surface area contributed by atoms with Crippen molar-refractivity contribution in [3.8, 4) is 0 Å². The van der Waals surface area contributed by atoms with Gasteiger partial charge in [-0.15, -0.1) is 0 Å². The van der Waals surface area contributed by atoms with Crippen molar-refractivity contribution >= 4 is 23.4 Å². The van der Waals surface area contributed by atoms with Crippen LogP contribution < -0.4 is 10.6 Å². The number of nitrogens with zero attached hydrogens (tertiary/aromatic N) is 1. The Labute approximate surface area is 177 Å². The van der Waals surface area contributed by atoms with Crippen LogP contribution in [0.3, 0.4) is 0 Å². The van der Waals surface area contributed by atoms with Gasteiger partial charge in [-0.1, -0.05) is 26.0 Å². The first-order valence-corrected chi connectivity index (χ1v) is 10.5. The standard InChI is InChI=1S/C23H31N3O4/c1-3-14-26(15-4-2)22(28)9-5-8-21(27)24-17-18-10-12-19(13-11-18)25-23(29)20-7-6-16-30-20/h6-7,10-13,16H,3-5,8-9,14-15,17H2,1-2H3,(H,24,27)(H,25,29). The molecule has 0 saturated heterocycles. The maximum atomic E-state index is 12.2. The zero-order chi connectivity index (χ0) is 21.8. The monoisotopic (exact) mass is 413 g/mol. The second-order valence-corrected chi connectivity index (χ2v) is 7.14. The Morgan fingerprint density at radius 2 is 1.67 bits per heavy atom. The topological polar surface area (TPSA) is 91.7 Å². The van der Waals surface area contributed by atoms with E-state index in [-0.39, 0.29) is 23.5 Å². The molecule has 0 radical (unpaired) electrons. The molecular formula is C23H31N3O4. The predicted molar refractivity (Wildman–Crippen MR) is 116 cm³/mol. The Balaban J connectivity index is 1.69. The van der Waals surface area contributed by atoms with Crippen LogP contribution in [0.15, 0.2) is 47.1 Å². The minimum absolute atomic E-state index is 0.0736. The largest absolute Gasteiger partial charge is 0.459 e. The predicted octanol–water partition coefficient (Wildman–Crippen LogP) is 3.97. The van der Waals surface area contributed by atoms with Gasteiger partial charge in [0.1, 0.15) is 0 Å². The van der Waals surface area contributed by atoms with Crippen molar-refractivity contribution in [2.24, 2.45) is 0 Å². The number of hydrogen-bond acceptors (Lipinski definition) is 4. The van der Waals surface area contributed by atoms with Crippen molar-refractivity contribution in [2.75, 3.05) is 18.4 Å². The summed E-state index contributed by atoms with van der Waals surface area (Å²) in [5.74, 6) is -0.0152. The van der Waals surface area contributed by atoms with E-state index >= 15 is 0 Å². The Bertz CT molecular complexity index is 794. The van der Waals surface area contributed by atoms with E-state index in [1.54, 1.807) is 24.3 Å². The summed E-state index contributed by atoms with van der Waals surface area (Å²) in [5, 5.41) is 5.61. The molecule has 0 saturated carbocycles. The quantitative estimate of drug-likeness (QED) is 0.551. The van der Waals surface area contributed by atoms with Crippen LogP contribution >= 0.6 is 0 Å². The van der Waals surface area contributed by atoms with Gasteiger partial charge in [-0.25, -0.2) is 0 Å². The molecule has 7 nitrogen and oxygen atoms in total. The van der Waals surface area contributed by atoms with Gasteiger partial charge >= 0.3 is 0 Å². The molecule has 2 rings (SSSR count). The summed E-state index contributed by atoms with van der Waals surface area (Å²) < 4.78 is 5.06. The maximum Gasteiger partial charge on any atom is 0.291 e. The first kappa shape index (κ1) is 23.2. The van der Waals surface area contributed by atoms with Gasteiger partial charge in [-0.2, -0.15) is 0 Å². The minimum atomic E-state index is -0.313. The lowest BCUT2D eigenvalue weighted by Crippen LogP contribution is -2.32. The first-order valence-electron chi connectivity index (χ1n) is 10.5. The molecule has 3 amide bonds. The van der Waals surface area contributed by atoms with Gasteiger partial charge in [0.05, 0.1) is 6.26 Å². The van der Waals surface area contributed by atoms with Crippen LogP contribution in [0.1, 0.15) is 62.1 Å². The molecule has 2 aromatic rings. The molecular weight excluding hydrogens is 382 g/mol. The zero-order valence-corrected chi connectivity index (χ0v) is 17.8. The van der Waals surface area contributed by atoms with Crippen molar-refractivity contribution in [1.29, 1.82) is 0 Å². The van der Waals surface area contributed by atoms with E-state index in [9.17, 15) is 14.4 Å². The molecule has 162 valence electrons. The van der Waals surface area contributed by atoms with Crippen LogP contribution in [0.25, 0.3) is 0 Å². The van der Waals surface area contributed by atoms with Crippen LogP contribution in [-0.4, -0.2) is 35.7 Å². The highest BCUT2D eigenvalue weighted by atomic mass is 16.3. The van der Waals surface area contributed by atoms with E-state index in [2.05, 4.69) is 24.5 Å². The van der Waals surface area contributed by atoms with Crippen molar-refractivity contribution in [1.82, 2.24) is 10.2 Å². The van der Waals surface area contributed by atoms with Crippen molar-refractivity contribution in [3.63, 3.8) is 0 Å². The fraction of sp³-hybridized carbons (Fsp3) is 0.435. The molecule has 1 aromatic heterocycles. The average Bonchev–Trinajstić information content (AvgIpc) is 3.28. The molecule has 0 atom stereocenters. The molecule has 30 heavy (non-hydrogen) atoms. The lowest BCUT2D eigenvalue weighted by molar-refractivity contribution is -0.131. The third-order valence-electron chi connectivity index (χ3n) is 4.58. The molecule has 0 aliphatic carbocycles. The van der Waals surface area contributed by atoms with E-state index < -0.39 is 0 Å². The van der Waals surface area contributed by atoms with Gasteiger partial charge in [-0.3, -0.25) is 14.4 Å². The number of anilines is 1. The van der Waals surface area contributed by atoms with Crippen molar-refractivity contribution in [3.05, 3.63) is 54.0 Å². The van der Waals surface area contributed by atoms with Gasteiger partial charge in [0.15, 0.2) is 5.76 Å². The SMILES string of the molecule is CCCN(CCC)C(=O)CCCC(=O)NCc1ccc(NC(=O)c2ccco2)cc1. The Morgan fingerprint density at radius 1 is 0.967 bits per heavy atom. The number of furan rings is 1. The van der Waals surface area contributed by atoms with Crippen LogP contribution in [0, 0.1) is 0 Å². The smallest absolute Gasteiger partial charge is 0.291 e. The summed E-state index contributed by atoms with van der Waals surface area (Å²) in [6, 6.07) is 10.5. The maximum absolute atomic E-state index is 12.2. The second kappa shape index (κ2) is 12.5. The zero-order valence-electron chi connectivity index (χ0n) is 17.8. The highest BCUT2D eigenvalue weighted by molar-refractivity contribution is 6.02. The van der Waals surface area contributed by atoms with Crippen molar-refractivity contribution in [2.45, 2.75) is 52.5 Å². The van der Waals surface area contributed by atoms with Crippen LogP contribution in [-0.2, 0) is 16.1 Å². The fourth-order valence-electron chi connectivity index (χ4n) is 3.05. The fourth-order valence-corrected chi connectivity index (χ4v) is 3.05. The number of hydrogen-bond donors (Lipinski definition) is 2. The molecule has 0 aliphatic heterocycles. The number of nitrogens with one attached hydrogen (secondary N) is 2. The van der Waals surface area contributed by atoms with E-state index in [0.29, 0.717) is 31.5 Å². The number of carbonyl (C=O) groups is 3. The Hall–Kier alpha value is -3.09. The van der Waals surface area contributed by atoms with E-state index in [1.807, 2.05) is 17.0 Å². The summed E-state index contributed by atoms with van der Waals surface area (Å²) in [4.78, 5) is 38.1. The molecule has 0 aliphatic rings. The number of rotatable bonds is 12. The van der Waals surface area contributed by atoms with Crippen molar-refractivity contribution < 1.29 is 18.8 Å². The summed E-state index contributed by atoms with van der Waals surface area (Å²) in [6.45, 7) is 6.07. The minimum Gasteiger partial charge on any atom is -0.459 e. The Morgan fingerprint density at radius 3 is 2.27 bits per heavy atom. The molecule has 1 heterocycles. The molecule has 0 spiro atoms. The van der Waals surface area contributed by atoms with E-state index in [0.717, 1.165) is 31.5 Å². The summed E-state index contributed by atoms with van der Waals surface area (Å²) >= 11 is 0. The number of amides is 3. The molecule has 0 bridgehead atoms. The number of benzene rings is 1. The van der Waals surface area contributed by atoms with Gasteiger partial charge in [-0.05, 0) is 49.1 Å². The average molecular weight is 414 g/mol. The van der Waals surface area contributed by atoms with Gasteiger partial charge < -0.3 is 20.0 Å². The van der Waals surface area contributed by atoms with E-state index in [4.69, 9.17) is 4.42 Å². The second-order valence-electron chi connectivity index (χ2n) is 7.14. The lowest BCUT2D eigenvalue weighted by atomic mass is 10.1. The highest BCUT2D eigenvalue weighted by Crippen LogP contribution is 2.12. The lowest BCUT2D eigenvalue weighted by Gasteiger charge is -2.21. The summed E-state index contributed by atoms with van der Waals surface area (Å²) in [5.41, 5.74) is 1.57. The molecule has 0 unspecified atom stereocenters. The third kappa shape index (κ3) is 7.73. The van der Waals surface area contributed by atoms with E-state index in [1.165, 1.54) is 6.26 Å². The van der Waals surface area contributed by atoms with Crippen LogP contribution in [0.2, 0.25) is 0 Å². The molecule has 2 N–H and O–H groups in total. The highest BCUT2D eigenvalue weighted by Gasteiger charge is 2.12. The molecule has 0 fully saturated rings. The normalized spacial score (nSPS) is 10.5. The molecule has 7 heteroatoms. The van der Waals surface area contributed by atoms with Gasteiger partial charge in [0.2, 0.25) is 11.8 Å². The third-order valence-corrected chi connectivity index (χ3v) is 4.58. The first-order chi connectivity index (χ1) is 14.5.